The lowest BCUT2D eigenvalue weighted by atomic mass is 9.91. The van der Waals surface area contributed by atoms with E-state index in [9.17, 15) is 0 Å². The molecule has 3 rings (SSSR count). The predicted molar refractivity (Wildman–Crippen MR) is 114 cm³/mol. The van der Waals surface area contributed by atoms with Crippen molar-refractivity contribution in [3.63, 3.8) is 0 Å². The molecular weight excluding hydrogens is 332 g/mol. The molecular formula is C24H38N2O. The lowest BCUT2D eigenvalue weighted by Crippen LogP contribution is -2.43. The van der Waals surface area contributed by atoms with Crippen molar-refractivity contribution in [3.05, 3.63) is 41.5 Å². The minimum Gasteiger partial charge on any atom is -0.311 e. The normalized spacial score (nSPS) is 29.2. The molecule has 2 aliphatic carbocycles. The third-order valence-electron chi connectivity index (χ3n) is 5.73. The van der Waals surface area contributed by atoms with E-state index in [1.54, 1.807) is 5.57 Å². The molecule has 2 saturated carbocycles. The van der Waals surface area contributed by atoms with Crippen molar-refractivity contribution >= 4 is 6.08 Å². The Morgan fingerprint density at radius 2 is 1.67 bits per heavy atom. The predicted octanol–water partition coefficient (Wildman–Crippen LogP) is 5.34. The van der Waals surface area contributed by atoms with Crippen LogP contribution >= 0.6 is 0 Å². The maximum Gasteiger partial charge on any atom is 0.0813 e. The van der Waals surface area contributed by atoms with Crippen molar-refractivity contribution < 1.29 is 4.84 Å². The summed E-state index contributed by atoms with van der Waals surface area (Å²) in [5.41, 5.74) is 6.10. The molecule has 3 nitrogen and oxygen atoms in total. The monoisotopic (exact) mass is 370 g/mol. The number of hydrogen-bond acceptors (Lipinski definition) is 3. The zero-order valence-corrected chi connectivity index (χ0v) is 17.8. The fraction of sp³-hybridized carbons (Fsp3) is 0.667. The first kappa shape index (κ1) is 20.6. The van der Waals surface area contributed by atoms with Gasteiger partial charge in [-0.25, -0.2) is 0 Å². The molecule has 27 heavy (non-hydrogen) atoms. The van der Waals surface area contributed by atoms with Gasteiger partial charge in [0.15, 0.2) is 0 Å². The van der Waals surface area contributed by atoms with Gasteiger partial charge in [-0.15, -0.1) is 0 Å². The fourth-order valence-corrected chi connectivity index (χ4v) is 4.13. The summed E-state index contributed by atoms with van der Waals surface area (Å²) in [6.07, 6.45) is 8.59. The molecule has 2 fully saturated rings. The Balaban J connectivity index is 1.46. The smallest absolute Gasteiger partial charge is 0.0813 e. The van der Waals surface area contributed by atoms with E-state index in [0.29, 0.717) is 30.0 Å². The molecule has 0 radical (unpaired) electrons. The molecule has 0 amide bonds. The Bertz CT molecular complexity index is 609. The van der Waals surface area contributed by atoms with Crippen LogP contribution in [0.5, 0.6) is 0 Å². The molecule has 2 N–H and O–H groups in total. The minimum atomic E-state index is -0.116. The van der Waals surface area contributed by atoms with Gasteiger partial charge in [0.05, 0.1) is 5.60 Å². The van der Waals surface area contributed by atoms with Gasteiger partial charge in [0.1, 0.15) is 0 Å². The molecule has 0 spiro atoms. The van der Waals surface area contributed by atoms with E-state index >= 15 is 0 Å². The molecule has 2 aliphatic rings. The zero-order valence-electron chi connectivity index (χ0n) is 17.8. The van der Waals surface area contributed by atoms with Crippen LogP contribution in [0, 0.1) is 11.8 Å². The van der Waals surface area contributed by atoms with Gasteiger partial charge in [0.2, 0.25) is 0 Å². The Labute approximate surface area is 165 Å². The molecule has 150 valence electrons. The number of nitrogens with one attached hydrogen (secondary N) is 2. The topological polar surface area (TPSA) is 33.3 Å². The summed E-state index contributed by atoms with van der Waals surface area (Å²) in [7, 11) is 0. The molecule has 0 saturated heterocycles. The van der Waals surface area contributed by atoms with E-state index < -0.39 is 0 Å². The Kier molecular flexibility index (Phi) is 6.78. The van der Waals surface area contributed by atoms with E-state index in [0.717, 1.165) is 0 Å². The largest absolute Gasteiger partial charge is 0.311 e. The molecule has 1 aromatic carbocycles. The van der Waals surface area contributed by atoms with Crippen LogP contribution in [-0.2, 0) is 4.84 Å². The number of benzene rings is 1. The van der Waals surface area contributed by atoms with Gasteiger partial charge in [-0.05, 0) is 70.3 Å². The molecule has 2 atom stereocenters. The Hall–Kier alpha value is -1.16. The van der Waals surface area contributed by atoms with E-state index in [1.807, 2.05) is 0 Å². The lowest BCUT2D eigenvalue weighted by molar-refractivity contribution is -0.0933. The third-order valence-corrected chi connectivity index (χ3v) is 5.73. The van der Waals surface area contributed by atoms with Crippen molar-refractivity contribution in [2.45, 2.75) is 90.4 Å². The molecule has 0 bridgehead atoms. The maximum atomic E-state index is 5.75. The Morgan fingerprint density at radius 3 is 2.26 bits per heavy atom. The van der Waals surface area contributed by atoms with E-state index in [4.69, 9.17) is 4.84 Å². The minimum absolute atomic E-state index is 0.116. The third kappa shape index (κ3) is 6.44. The van der Waals surface area contributed by atoms with E-state index in [1.165, 1.54) is 37.7 Å². The van der Waals surface area contributed by atoms with Crippen LogP contribution in [-0.4, -0.2) is 23.7 Å². The van der Waals surface area contributed by atoms with Crippen LogP contribution in [0.3, 0.4) is 0 Å². The quantitative estimate of drug-likeness (QED) is 0.636. The van der Waals surface area contributed by atoms with Crippen molar-refractivity contribution in [1.82, 2.24) is 10.8 Å². The summed E-state index contributed by atoms with van der Waals surface area (Å²) in [5.74, 6) is 1.32. The van der Waals surface area contributed by atoms with Gasteiger partial charge in [-0.3, -0.25) is 4.84 Å². The standard InChI is InChI=1S/C24H38N2O/c1-17(2)21(15-18-9-7-6-8-10-18)22-16-23(22)25-19-11-13-20(14-12-19)26-27-24(3,4)5/h6-10,15,17,19-20,22-23,25-26H,11-14,16H2,1-5H3/b21-15+/t19?,20?,22-,23+/m1/s1. The SMILES string of the molecule is CC(C)/C(=C\c1ccccc1)[C@H]1C[C@@H]1NC1CCC(NOC(C)(C)C)CC1. The average Bonchev–Trinajstić information content (AvgIpc) is 3.38. The summed E-state index contributed by atoms with van der Waals surface area (Å²) in [5, 5.41) is 3.95. The molecule has 0 aliphatic heterocycles. The average molecular weight is 371 g/mol. The summed E-state index contributed by atoms with van der Waals surface area (Å²) >= 11 is 0. The number of hydrogen-bond donors (Lipinski definition) is 2. The maximum absolute atomic E-state index is 5.75. The summed E-state index contributed by atoms with van der Waals surface area (Å²) in [6.45, 7) is 10.9. The van der Waals surface area contributed by atoms with Crippen LogP contribution in [0.2, 0.25) is 0 Å². The van der Waals surface area contributed by atoms with Crippen LogP contribution in [0.25, 0.3) is 6.08 Å². The van der Waals surface area contributed by atoms with Gasteiger partial charge < -0.3 is 5.32 Å². The van der Waals surface area contributed by atoms with Crippen molar-refractivity contribution in [2.24, 2.45) is 11.8 Å². The highest BCUT2D eigenvalue weighted by atomic mass is 16.7. The highest BCUT2D eigenvalue weighted by Crippen LogP contribution is 2.42. The lowest BCUT2D eigenvalue weighted by Gasteiger charge is -2.32. The van der Waals surface area contributed by atoms with Crippen LogP contribution in [0.1, 0.15) is 72.3 Å². The second kappa shape index (κ2) is 8.89. The summed E-state index contributed by atoms with van der Waals surface area (Å²) < 4.78 is 0. The van der Waals surface area contributed by atoms with E-state index in [-0.39, 0.29) is 5.60 Å². The van der Waals surface area contributed by atoms with Gasteiger partial charge in [-0.1, -0.05) is 55.8 Å². The summed E-state index contributed by atoms with van der Waals surface area (Å²) in [4.78, 5) is 5.75. The molecule has 1 aromatic rings. The molecule has 0 unspecified atom stereocenters. The van der Waals surface area contributed by atoms with E-state index in [2.05, 4.69) is 81.8 Å². The highest BCUT2D eigenvalue weighted by Gasteiger charge is 2.41. The van der Waals surface area contributed by atoms with Crippen molar-refractivity contribution in [1.29, 1.82) is 0 Å². The van der Waals surface area contributed by atoms with Crippen molar-refractivity contribution in [3.8, 4) is 0 Å². The van der Waals surface area contributed by atoms with Crippen molar-refractivity contribution in [2.75, 3.05) is 0 Å². The van der Waals surface area contributed by atoms with Crippen LogP contribution < -0.4 is 10.8 Å². The summed E-state index contributed by atoms with van der Waals surface area (Å²) in [6, 6.07) is 12.6. The second-order valence-corrected chi connectivity index (χ2v) is 9.71. The number of hydroxylamine groups is 1. The Morgan fingerprint density at radius 1 is 1.04 bits per heavy atom. The second-order valence-electron chi connectivity index (χ2n) is 9.71. The molecule has 3 heteroatoms. The highest BCUT2D eigenvalue weighted by molar-refractivity contribution is 5.55. The van der Waals surface area contributed by atoms with Gasteiger partial charge >= 0.3 is 0 Å². The first-order chi connectivity index (χ1) is 12.8. The zero-order chi connectivity index (χ0) is 19.4. The first-order valence-electron chi connectivity index (χ1n) is 10.8. The van der Waals surface area contributed by atoms with Gasteiger partial charge in [-0.2, -0.15) is 5.48 Å². The van der Waals surface area contributed by atoms with Gasteiger partial charge in [0.25, 0.3) is 0 Å². The molecule has 0 aromatic heterocycles. The van der Waals surface area contributed by atoms with Crippen LogP contribution in [0.15, 0.2) is 35.9 Å². The number of rotatable bonds is 7. The fourth-order valence-electron chi connectivity index (χ4n) is 4.13. The molecule has 0 heterocycles. The van der Waals surface area contributed by atoms with Gasteiger partial charge in [0, 0.05) is 18.1 Å². The first-order valence-corrected chi connectivity index (χ1v) is 10.8. The van der Waals surface area contributed by atoms with Crippen LogP contribution in [0.4, 0.5) is 0 Å².